The molecule has 0 fully saturated rings. The topological polar surface area (TPSA) is 77.2 Å². The van der Waals surface area contributed by atoms with Gasteiger partial charge in [-0.3, -0.25) is 4.98 Å². The highest BCUT2D eigenvalue weighted by Gasteiger charge is 2.13. The van der Waals surface area contributed by atoms with Crippen molar-refractivity contribution in [2.24, 2.45) is 5.73 Å². The highest BCUT2D eigenvalue weighted by atomic mass is 32.1. The highest BCUT2D eigenvalue weighted by molar-refractivity contribution is 7.09. The first-order valence-electron chi connectivity index (χ1n) is 6.71. The van der Waals surface area contributed by atoms with Crippen LogP contribution in [-0.4, -0.2) is 23.2 Å². The van der Waals surface area contributed by atoms with Crippen molar-refractivity contribution in [1.82, 2.24) is 10.3 Å². The third-order valence-electron chi connectivity index (χ3n) is 3.05. The van der Waals surface area contributed by atoms with E-state index in [9.17, 15) is 4.79 Å². The minimum absolute atomic E-state index is 0.131. The number of amides is 1. The van der Waals surface area contributed by atoms with E-state index >= 15 is 0 Å². The monoisotopic (exact) mass is 285 g/mol. The molecule has 0 saturated heterocycles. The van der Waals surface area contributed by atoms with Crippen LogP contribution >= 0.6 is 11.3 Å². The van der Waals surface area contributed by atoms with Crippen molar-refractivity contribution in [1.29, 1.82) is 0 Å². The van der Waals surface area contributed by atoms with Crippen LogP contribution in [0.2, 0.25) is 0 Å². The molecule has 2 atom stereocenters. The van der Waals surface area contributed by atoms with Crippen LogP contribution in [0.1, 0.15) is 44.4 Å². The first-order valence-corrected chi connectivity index (χ1v) is 7.59. The smallest absolute Gasteiger partial charge is 0.407 e. The number of thiazole rings is 1. The molecule has 0 spiro atoms. The van der Waals surface area contributed by atoms with Gasteiger partial charge in [0.15, 0.2) is 0 Å². The second kappa shape index (κ2) is 8.87. The number of alkyl carbamates (subject to hydrolysis) is 1. The molecule has 0 radical (unpaired) electrons. The number of hydrogen-bond donors (Lipinski definition) is 2. The lowest BCUT2D eigenvalue weighted by Crippen LogP contribution is -2.36. The molecule has 1 unspecified atom stereocenters. The molecule has 1 heterocycles. The van der Waals surface area contributed by atoms with Gasteiger partial charge in [-0.25, -0.2) is 4.79 Å². The van der Waals surface area contributed by atoms with E-state index in [1.807, 2.05) is 6.92 Å². The average Bonchev–Trinajstić information content (AvgIpc) is 2.93. The summed E-state index contributed by atoms with van der Waals surface area (Å²) in [4.78, 5) is 16.5. The van der Waals surface area contributed by atoms with Crippen molar-refractivity contribution in [3.8, 4) is 0 Å². The fourth-order valence-corrected chi connectivity index (χ4v) is 2.16. The normalized spacial score (nSPS) is 13.8. The zero-order valence-electron chi connectivity index (χ0n) is 11.6. The maximum Gasteiger partial charge on any atom is 0.407 e. The Morgan fingerprint density at radius 3 is 2.84 bits per heavy atom. The molecule has 0 aliphatic carbocycles. The standard InChI is InChI=1S/C13H23N3O2S/c1-3-10(14)5-6-11(4-2)16-13(17)18-8-12-7-15-9-19-12/h7,9-11H,3-6,8,14H2,1-2H3,(H,16,17)/t10-,11?/m0/s1. The quantitative estimate of drug-likeness (QED) is 0.770. The van der Waals surface area contributed by atoms with Crippen molar-refractivity contribution in [3.63, 3.8) is 0 Å². The molecule has 108 valence electrons. The second-order valence-electron chi connectivity index (χ2n) is 4.54. The van der Waals surface area contributed by atoms with Crippen LogP contribution in [0.25, 0.3) is 0 Å². The third kappa shape index (κ3) is 6.54. The number of carbonyl (C=O) groups is 1. The Balaban J connectivity index is 2.24. The van der Waals surface area contributed by atoms with Crippen molar-refractivity contribution in [2.45, 2.75) is 58.2 Å². The summed E-state index contributed by atoms with van der Waals surface area (Å²) in [6, 6.07) is 0.343. The number of aromatic nitrogens is 1. The van der Waals surface area contributed by atoms with E-state index in [4.69, 9.17) is 10.5 Å². The Labute approximate surface area is 118 Å². The Bertz CT molecular complexity index is 357. The van der Waals surface area contributed by atoms with Gasteiger partial charge in [0.2, 0.25) is 0 Å². The first kappa shape index (κ1) is 15.9. The van der Waals surface area contributed by atoms with E-state index in [0.717, 1.165) is 30.6 Å². The summed E-state index contributed by atoms with van der Waals surface area (Å²) >= 11 is 1.47. The minimum Gasteiger partial charge on any atom is -0.444 e. The van der Waals surface area contributed by atoms with Gasteiger partial charge >= 0.3 is 6.09 Å². The zero-order chi connectivity index (χ0) is 14.1. The number of nitrogens with two attached hydrogens (primary N) is 1. The predicted octanol–water partition coefficient (Wildman–Crippen LogP) is 2.67. The highest BCUT2D eigenvalue weighted by Crippen LogP contribution is 2.08. The van der Waals surface area contributed by atoms with E-state index in [-0.39, 0.29) is 24.8 Å². The van der Waals surface area contributed by atoms with Crippen molar-refractivity contribution < 1.29 is 9.53 Å². The SMILES string of the molecule is CCC(CC[C@@H](N)CC)NC(=O)OCc1cncs1. The molecule has 0 aromatic carbocycles. The lowest BCUT2D eigenvalue weighted by molar-refractivity contribution is 0.135. The van der Waals surface area contributed by atoms with Gasteiger partial charge in [-0.15, -0.1) is 11.3 Å². The second-order valence-corrected chi connectivity index (χ2v) is 5.51. The van der Waals surface area contributed by atoms with Crippen molar-refractivity contribution in [2.75, 3.05) is 0 Å². The maximum atomic E-state index is 11.6. The third-order valence-corrected chi connectivity index (χ3v) is 3.81. The largest absolute Gasteiger partial charge is 0.444 e. The van der Waals surface area contributed by atoms with Gasteiger partial charge < -0.3 is 15.8 Å². The lowest BCUT2D eigenvalue weighted by atomic mass is 10.0. The number of nitrogens with zero attached hydrogens (tertiary/aromatic N) is 1. The van der Waals surface area contributed by atoms with Crippen LogP contribution in [0.4, 0.5) is 4.79 Å². The number of carbonyl (C=O) groups excluding carboxylic acids is 1. The summed E-state index contributed by atoms with van der Waals surface area (Å²) in [5, 5.41) is 2.88. The summed E-state index contributed by atoms with van der Waals surface area (Å²) in [7, 11) is 0. The molecule has 0 aliphatic heterocycles. The number of nitrogens with one attached hydrogen (secondary N) is 1. The van der Waals surface area contributed by atoms with Crippen LogP contribution < -0.4 is 11.1 Å². The van der Waals surface area contributed by atoms with Gasteiger partial charge in [-0.05, 0) is 25.7 Å². The van der Waals surface area contributed by atoms with Crippen LogP contribution in [-0.2, 0) is 11.3 Å². The maximum absolute atomic E-state index is 11.6. The summed E-state index contributed by atoms with van der Waals surface area (Å²) in [5.41, 5.74) is 7.60. The van der Waals surface area contributed by atoms with Crippen molar-refractivity contribution in [3.05, 3.63) is 16.6 Å². The Hall–Kier alpha value is -1.14. The van der Waals surface area contributed by atoms with E-state index in [1.165, 1.54) is 11.3 Å². The molecule has 6 heteroatoms. The minimum atomic E-state index is -0.370. The van der Waals surface area contributed by atoms with E-state index in [1.54, 1.807) is 11.7 Å². The molecule has 1 aromatic heterocycles. The first-order chi connectivity index (χ1) is 9.15. The Morgan fingerprint density at radius 1 is 1.47 bits per heavy atom. The van der Waals surface area contributed by atoms with Gasteiger partial charge in [0, 0.05) is 18.3 Å². The average molecular weight is 285 g/mol. The van der Waals surface area contributed by atoms with Gasteiger partial charge in [0.25, 0.3) is 0 Å². The van der Waals surface area contributed by atoms with Gasteiger partial charge in [-0.2, -0.15) is 0 Å². The fourth-order valence-electron chi connectivity index (χ4n) is 1.66. The molecule has 19 heavy (non-hydrogen) atoms. The van der Waals surface area contributed by atoms with Crippen LogP contribution in [0, 0.1) is 0 Å². The summed E-state index contributed by atoms with van der Waals surface area (Å²) in [5.74, 6) is 0. The zero-order valence-corrected chi connectivity index (χ0v) is 12.4. The van der Waals surface area contributed by atoms with E-state index < -0.39 is 0 Å². The van der Waals surface area contributed by atoms with Crippen LogP contribution in [0.3, 0.4) is 0 Å². The Kier molecular flexibility index (Phi) is 7.43. The van der Waals surface area contributed by atoms with Crippen LogP contribution in [0.15, 0.2) is 11.7 Å². The van der Waals surface area contributed by atoms with Crippen LogP contribution in [0.5, 0.6) is 0 Å². The summed E-state index contributed by atoms with van der Waals surface area (Å²) < 4.78 is 5.14. The van der Waals surface area contributed by atoms with E-state index in [2.05, 4.69) is 17.2 Å². The Morgan fingerprint density at radius 2 is 2.26 bits per heavy atom. The molecule has 0 bridgehead atoms. The number of hydrogen-bond acceptors (Lipinski definition) is 5. The van der Waals surface area contributed by atoms with Crippen molar-refractivity contribution >= 4 is 17.4 Å². The van der Waals surface area contributed by atoms with Gasteiger partial charge in [0.05, 0.1) is 10.4 Å². The molecule has 3 N–H and O–H groups in total. The molecule has 0 saturated carbocycles. The fraction of sp³-hybridized carbons (Fsp3) is 0.692. The molecule has 1 aromatic rings. The number of ether oxygens (including phenoxy) is 1. The predicted molar refractivity (Wildman–Crippen MR) is 77.0 cm³/mol. The molecular formula is C13H23N3O2S. The molecule has 5 nitrogen and oxygen atoms in total. The molecule has 0 aliphatic rings. The summed E-state index contributed by atoms with van der Waals surface area (Å²) in [6.45, 7) is 4.40. The number of rotatable bonds is 8. The van der Waals surface area contributed by atoms with Gasteiger partial charge in [-0.1, -0.05) is 13.8 Å². The molecule has 1 amide bonds. The molecule has 1 rings (SSSR count). The van der Waals surface area contributed by atoms with E-state index in [0.29, 0.717) is 0 Å². The molecular weight excluding hydrogens is 262 g/mol. The van der Waals surface area contributed by atoms with Gasteiger partial charge in [0.1, 0.15) is 6.61 Å². The summed E-state index contributed by atoms with van der Waals surface area (Å²) in [6.07, 6.45) is 4.99. The lowest BCUT2D eigenvalue weighted by Gasteiger charge is -2.18.